The molecule has 3 heterocycles. The Labute approximate surface area is 183 Å². The molecule has 0 unspecified atom stereocenters. The minimum absolute atomic E-state index is 0.114. The molecule has 0 aliphatic carbocycles. The van der Waals surface area contributed by atoms with Crippen LogP contribution in [-0.4, -0.2) is 42.7 Å². The minimum Gasteiger partial charge on any atom is -0.334 e. The Kier molecular flexibility index (Phi) is 6.21. The fourth-order valence-corrected chi connectivity index (χ4v) is 6.51. The van der Waals surface area contributed by atoms with E-state index in [4.69, 9.17) is 12.2 Å². The second kappa shape index (κ2) is 8.39. The summed E-state index contributed by atoms with van der Waals surface area (Å²) in [5, 5.41) is 3.48. The third kappa shape index (κ3) is 4.47. The van der Waals surface area contributed by atoms with Gasteiger partial charge < -0.3 is 14.9 Å². The Hall–Kier alpha value is -0.780. The molecular weight excluding hydrogens is 484 g/mol. The van der Waals surface area contributed by atoms with Crippen LogP contribution >= 0.6 is 38.7 Å². The van der Waals surface area contributed by atoms with E-state index in [0.29, 0.717) is 29.2 Å². The number of hydrogen-bond donors (Lipinski definition) is 4. The van der Waals surface area contributed by atoms with Crippen LogP contribution in [0.1, 0.15) is 35.7 Å². The number of rotatable bonds is 5. The van der Waals surface area contributed by atoms with Crippen molar-refractivity contribution in [3.05, 3.63) is 50.0 Å². The number of fused-ring (bicyclic) bond motifs is 1. The van der Waals surface area contributed by atoms with Crippen molar-refractivity contribution < 1.29 is 17.9 Å². The maximum Gasteiger partial charge on any atom is 0.177 e. The van der Waals surface area contributed by atoms with Crippen LogP contribution in [0.5, 0.6) is 0 Å². The van der Waals surface area contributed by atoms with Gasteiger partial charge in [-0.1, -0.05) is 0 Å². The summed E-state index contributed by atoms with van der Waals surface area (Å²) < 4.78 is 51.1. The number of aromatic amines is 1. The van der Waals surface area contributed by atoms with Crippen LogP contribution < -0.4 is 5.32 Å². The van der Waals surface area contributed by atoms with Gasteiger partial charge in [-0.05, 0) is 59.5 Å². The maximum absolute atomic E-state index is 14.5. The molecule has 0 radical (unpaired) electrons. The van der Waals surface area contributed by atoms with Crippen LogP contribution in [-0.2, 0) is 19.4 Å². The van der Waals surface area contributed by atoms with E-state index >= 15 is 0 Å². The summed E-state index contributed by atoms with van der Waals surface area (Å²) in [5.74, 6) is -0.431. The monoisotopic (exact) mass is 507 g/mol. The molecule has 1 aromatic heterocycles. The van der Waals surface area contributed by atoms with Gasteiger partial charge in [-0.25, -0.2) is 8.78 Å². The van der Waals surface area contributed by atoms with Crippen LogP contribution in [0, 0.1) is 16.4 Å². The smallest absolute Gasteiger partial charge is 0.177 e. The van der Waals surface area contributed by atoms with E-state index in [1.165, 1.54) is 12.1 Å². The second-order valence-electron chi connectivity index (χ2n) is 7.81. The van der Waals surface area contributed by atoms with Crippen molar-refractivity contribution in [1.29, 1.82) is 0 Å². The molecule has 1 atom stereocenters. The summed E-state index contributed by atoms with van der Waals surface area (Å²) in [6.45, 7) is 1.19. The zero-order valence-corrected chi connectivity index (χ0v) is 19.0. The number of nitrogens with one attached hydrogen (secondary N) is 2. The molecule has 4 rings (SSSR count). The van der Waals surface area contributed by atoms with E-state index in [2.05, 4.69) is 26.2 Å². The average Bonchev–Trinajstić information content (AvgIpc) is 3.21. The first-order valence-corrected chi connectivity index (χ1v) is 12.7. The number of halogens is 3. The standard InChI is InChI=1S/C19H24BrF2N3O2S2/c20-13-1-2-14(21)17(18(13)22)11-9-16-15(24-19(28)25(16)10-11)3-6-23-12-4-7-29(26,27)8-5-12/h1-2,11-12,23,26-27H,3-10H2,(H,24,28)/t11-/m0/s1. The van der Waals surface area contributed by atoms with E-state index in [1.54, 1.807) is 0 Å². The molecular formula is C19H24BrF2N3O2S2. The van der Waals surface area contributed by atoms with Crippen molar-refractivity contribution in [3.63, 3.8) is 0 Å². The number of H-pyrrole nitrogens is 1. The molecule has 160 valence electrons. The van der Waals surface area contributed by atoms with Crippen LogP contribution in [0.15, 0.2) is 16.6 Å². The summed E-state index contributed by atoms with van der Waals surface area (Å²) in [7, 11) is -2.37. The first-order chi connectivity index (χ1) is 13.7. The molecule has 1 saturated heterocycles. The number of aromatic nitrogens is 2. The molecule has 5 nitrogen and oxygen atoms in total. The van der Waals surface area contributed by atoms with Crippen molar-refractivity contribution in [2.75, 3.05) is 18.1 Å². The third-order valence-electron chi connectivity index (χ3n) is 5.90. The van der Waals surface area contributed by atoms with Crippen molar-refractivity contribution in [3.8, 4) is 0 Å². The summed E-state index contributed by atoms with van der Waals surface area (Å²) >= 11 is 8.58. The molecule has 29 heavy (non-hydrogen) atoms. The topological polar surface area (TPSA) is 73.2 Å². The van der Waals surface area contributed by atoms with E-state index in [-0.39, 0.29) is 22.0 Å². The quantitative estimate of drug-likeness (QED) is 0.340. The molecule has 0 saturated carbocycles. The molecule has 0 amide bonds. The maximum atomic E-state index is 14.5. The summed E-state index contributed by atoms with van der Waals surface area (Å²) in [6, 6.07) is 2.96. The molecule has 4 N–H and O–H groups in total. The normalized spacial score (nSPS) is 22.6. The van der Waals surface area contributed by atoms with Gasteiger partial charge in [-0.2, -0.15) is 10.6 Å². The Morgan fingerprint density at radius 1 is 1.28 bits per heavy atom. The molecule has 2 aliphatic rings. The lowest BCUT2D eigenvalue weighted by Gasteiger charge is -2.39. The number of nitrogens with zero attached hydrogens (tertiary/aromatic N) is 1. The highest BCUT2D eigenvalue weighted by Gasteiger charge is 2.31. The fraction of sp³-hybridized carbons (Fsp3) is 0.526. The first-order valence-electron chi connectivity index (χ1n) is 9.66. The highest BCUT2D eigenvalue weighted by Crippen LogP contribution is 2.43. The van der Waals surface area contributed by atoms with E-state index in [0.717, 1.165) is 37.2 Å². The van der Waals surface area contributed by atoms with Crippen LogP contribution in [0.4, 0.5) is 8.78 Å². The van der Waals surface area contributed by atoms with Gasteiger partial charge in [0.1, 0.15) is 11.6 Å². The molecule has 1 fully saturated rings. The zero-order valence-electron chi connectivity index (χ0n) is 15.8. The van der Waals surface area contributed by atoms with Gasteiger partial charge in [0.2, 0.25) is 0 Å². The predicted molar refractivity (Wildman–Crippen MR) is 117 cm³/mol. The van der Waals surface area contributed by atoms with Crippen LogP contribution in [0.25, 0.3) is 0 Å². The van der Waals surface area contributed by atoms with Crippen molar-refractivity contribution in [2.45, 2.75) is 44.2 Å². The fourth-order valence-electron chi connectivity index (χ4n) is 4.33. The predicted octanol–water partition coefficient (Wildman–Crippen LogP) is 4.97. The van der Waals surface area contributed by atoms with Gasteiger partial charge in [0.25, 0.3) is 0 Å². The van der Waals surface area contributed by atoms with Gasteiger partial charge in [-0.3, -0.25) is 9.11 Å². The van der Waals surface area contributed by atoms with Crippen LogP contribution in [0.2, 0.25) is 0 Å². The first kappa shape index (κ1) is 21.5. The van der Waals surface area contributed by atoms with Crippen molar-refractivity contribution in [1.82, 2.24) is 14.9 Å². The number of hydrogen-bond acceptors (Lipinski definition) is 4. The SMILES string of the molecule is OS1(O)CCC(NCCc2[nH]c(=S)n3c2C[C@H](c2c(F)ccc(Br)c2F)C3)CC1. The minimum atomic E-state index is -2.37. The molecule has 10 heteroatoms. The van der Waals surface area contributed by atoms with E-state index in [1.807, 2.05) is 4.57 Å². The Morgan fingerprint density at radius 3 is 2.72 bits per heavy atom. The highest BCUT2D eigenvalue weighted by molar-refractivity contribution is 9.10. The Bertz CT molecular complexity index is 969. The lowest BCUT2D eigenvalue weighted by molar-refractivity contribution is 0.423. The van der Waals surface area contributed by atoms with Gasteiger partial charge in [-0.15, -0.1) is 0 Å². The zero-order chi connectivity index (χ0) is 20.8. The Balaban J connectivity index is 1.42. The van der Waals surface area contributed by atoms with Crippen molar-refractivity contribution in [2.24, 2.45) is 0 Å². The molecule has 0 spiro atoms. The highest BCUT2D eigenvalue weighted by atomic mass is 79.9. The van der Waals surface area contributed by atoms with Gasteiger partial charge in [0.05, 0.1) is 4.47 Å². The third-order valence-corrected chi connectivity index (χ3v) is 8.62. The van der Waals surface area contributed by atoms with E-state index < -0.39 is 22.2 Å². The second-order valence-corrected chi connectivity index (χ2v) is 11.5. The lowest BCUT2D eigenvalue weighted by Crippen LogP contribution is -2.37. The number of imidazole rings is 1. The number of benzene rings is 1. The summed E-state index contributed by atoms with van der Waals surface area (Å²) in [4.78, 5) is 3.24. The largest absolute Gasteiger partial charge is 0.334 e. The molecule has 2 aromatic rings. The van der Waals surface area contributed by atoms with Gasteiger partial charge in [0, 0.05) is 59.9 Å². The molecule has 2 aliphatic heterocycles. The Morgan fingerprint density at radius 2 is 2.00 bits per heavy atom. The molecule has 1 aromatic carbocycles. The van der Waals surface area contributed by atoms with Gasteiger partial charge >= 0.3 is 0 Å². The summed E-state index contributed by atoms with van der Waals surface area (Å²) in [5.41, 5.74) is 2.13. The molecule has 0 bridgehead atoms. The van der Waals surface area contributed by atoms with Crippen molar-refractivity contribution >= 4 is 38.7 Å². The summed E-state index contributed by atoms with van der Waals surface area (Å²) in [6.07, 6.45) is 2.79. The van der Waals surface area contributed by atoms with Crippen LogP contribution in [0.3, 0.4) is 0 Å². The van der Waals surface area contributed by atoms with Gasteiger partial charge in [0.15, 0.2) is 4.77 Å². The lowest BCUT2D eigenvalue weighted by atomic mass is 9.95. The average molecular weight is 508 g/mol. The van der Waals surface area contributed by atoms with E-state index in [9.17, 15) is 17.9 Å².